The van der Waals surface area contributed by atoms with Gasteiger partial charge < -0.3 is 4.74 Å². The summed E-state index contributed by atoms with van der Waals surface area (Å²) >= 11 is 0. The van der Waals surface area contributed by atoms with Crippen LogP contribution in [0.3, 0.4) is 0 Å². The van der Waals surface area contributed by atoms with Gasteiger partial charge in [0.1, 0.15) is 0 Å². The molecule has 0 aromatic heterocycles. The maximum absolute atomic E-state index is 11.3. The first-order valence-corrected chi connectivity index (χ1v) is 4.93. The Labute approximate surface area is 88.1 Å². The lowest BCUT2D eigenvalue weighted by Crippen LogP contribution is -2.23. The van der Waals surface area contributed by atoms with E-state index in [1.165, 1.54) is 6.92 Å². The summed E-state index contributed by atoms with van der Waals surface area (Å²) in [6.45, 7) is 1.46. The number of carbonyl (C=O) groups is 2. The number of esters is 1. The zero-order chi connectivity index (χ0) is 10.8. The summed E-state index contributed by atoms with van der Waals surface area (Å²) in [5, 5.41) is 0. The average Bonchev–Trinajstić information content (AvgIpc) is 2.62. The summed E-state index contributed by atoms with van der Waals surface area (Å²) in [7, 11) is 0. The van der Waals surface area contributed by atoms with Gasteiger partial charge in [0.05, 0.1) is 6.42 Å². The Kier molecular flexibility index (Phi) is 2.54. The molecule has 1 fully saturated rings. The Morgan fingerprint density at radius 2 is 2.00 bits per heavy atom. The summed E-state index contributed by atoms with van der Waals surface area (Å²) < 4.78 is 5.00. The Morgan fingerprint density at radius 3 is 2.60 bits per heavy atom. The van der Waals surface area contributed by atoms with Crippen molar-refractivity contribution in [3.8, 4) is 0 Å². The minimum atomic E-state index is -0.597. The number of carbonyl (C=O) groups excluding carboxylic acids is 2. The zero-order valence-electron chi connectivity index (χ0n) is 8.47. The number of ketones is 1. The third kappa shape index (κ3) is 1.91. The van der Waals surface area contributed by atoms with Crippen molar-refractivity contribution in [3.63, 3.8) is 0 Å². The van der Waals surface area contributed by atoms with Crippen LogP contribution in [0.15, 0.2) is 30.3 Å². The molecule has 1 aromatic rings. The second kappa shape index (κ2) is 3.85. The van der Waals surface area contributed by atoms with Crippen molar-refractivity contribution in [1.82, 2.24) is 0 Å². The molecule has 1 heterocycles. The maximum Gasteiger partial charge on any atom is 0.307 e. The maximum atomic E-state index is 11.3. The molecule has 2 rings (SSSR count). The molecule has 3 nitrogen and oxygen atoms in total. The number of cyclic esters (lactones) is 1. The van der Waals surface area contributed by atoms with Crippen molar-refractivity contribution in [2.75, 3.05) is 0 Å². The molecule has 2 atom stereocenters. The number of hydrogen-bond donors (Lipinski definition) is 0. The fourth-order valence-corrected chi connectivity index (χ4v) is 1.92. The minimum absolute atomic E-state index is 0.0882. The van der Waals surface area contributed by atoms with Crippen LogP contribution in [0.1, 0.15) is 24.8 Å². The fourth-order valence-electron chi connectivity index (χ4n) is 1.92. The lowest BCUT2D eigenvalue weighted by Gasteiger charge is -2.14. The molecule has 0 N–H and O–H groups in total. The zero-order valence-corrected chi connectivity index (χ0v) is 8.47. The first-order valence-electron chi connectivity index (χ1n) is 4.93. The smallest absolute Gasteiger partial charge is 0.307 e. The number of Topliss-reactive ketones (excluding diaryl/α,β-unsaturated/α-hetero) is 1. The lowest BCUT2D eigenvalue weighted by molar-refractivity contribution is -0.146. The highest BCUT2D eigenvalue weighted by Crippen LogP contribution is 2.32. The van der Waals surface area contributed by atoms with Crippen molar-refractivity contribution >= 4 is 11.8 Å². The largest absolute Gasteiger partial charge is 0.454 e. The highest BCUT2D eigenvalue weighted by molar-refractivity contribution is 5.88. The van der Waals surface area contributed by atoms with Crippen LogP contribution in [0.25, 0.3) is 0 Å². The van der Waals surface area contributed by atoms with Gasteiger partial charge in [0, 0.05) is 5.92 Å². The van der Waals surface area contributed by atoms with Gasteiger partial charge in [-0.25, -0.2) is 0 Å². The molecule has 0 spiro atoms. The van der Waals surface area contributed by atoms with Gasteiger partial charge in [0.15, 0.2) is 11.9 Å². The minimum Gasteiger partial charge on any atom is -0.454 e. The number of rotatable bonds is 2. The van der Waals surface area contributed by atoms with Crippen LogP contribution < -0.4 is 0 Å². The van der Waals surface area contributed by atoms with Gasteiger partial charge in [-0.3, -0.25) is 9.59 Å². The monoisotopic (exact) mass is 204 g/mol. The molecular weight excluding hydrogens is 192 g/mol. The van der Waals surface area contributed by atoms with E-state index in [1.54, 1.807) is 0 Å². The van der Waals surface area contributed by atoms with E-state index in [1.807, 2.05) is 30.3 Å². The first kappa shape index (κ1) is 9.90. The normalized spacial score (nSPS) is 25.0. The quantitative estimate of drug-likeness (QED) is 0.688. The van der Waals surface area contributed by atoms with Gasteiger partial charge in [-0.05, 0) is 12.5 Å². The molecule has 0 radical (unpaired) electrons. The van der Waals surface area contributed by atoms with E-state index < -0.39 is 6.10 Å². The van der Waals surface area contributed by atoms with Gasteiger partial charge in [-0.2, -0.15) is 0 Å². The van der Waals surface area contributed by atoms with E-state index >= 15 is 0 Å². The topological polar surface area (TPSA) is 43.4 Å². The van der Waals surface area contributed by atoms with E-state index in [9.17, 15) is 9.59 Å². The molecule has 0 aliphatic carbocycles. The summed E-state index contributed by atoms with van der Waals surface area (Å²) in [4.78, 5) is 22.5. The number of ether oxygens (including phenoxy) is 1. The Morgan fingerprint density at radius 1 is 1.33 bits per heavy atom. The second-order valence-corrected chi connectivity index (χ2v) is 3.74. The van der Waals surface area contributed by atoms with Crippen LogP contribution >= 0.6 is 0 Å². The third-order valence-electron chi connectivity index (χ3n) is 2.64. The average molecular weight is 204 g/mol. The molecule has 1 aliphatic heterocycles. The van der Waals surface area contributed by atoms with Crippen LogP contribution in [0.2, 0.25) is 0 Å². The Bertz CT molecular complexity index is 383. The SMILES string of the molecule is CC(=O)[C@@H]1OC(=O)C[C@@H]1c1ccccc1. The first-order chi connectivity index (χ1) is 7.18. The van der Waals surface area contributed by atoms with Crippen LogP contribution in [0, 0.1) is 0 Å². The Hall–Kier alpha value is -1.64. The van der Waals surface area contributed by atoms with Gasteiger partial charge in [-0.15, -0.1) is 0 Å². The third-order valence-corrected chi connectivity index (χ3v) is 2.64. The summed E-state index contributed by atoms with van der Waals surface area (Å²) in [6, 6.07) is 9.54. The van der Waals surface area contributed by atoms with E-state index in [0.29, 0.717) is 6.42 Å². The highest BCUT2D eigenvalue weighted by atomic mass is 16.6. The van der Waals surface area contributed by atoms with Gasteiger partial charge in [0.2, 0.25) is 0 Å². The highest BCUT2D eigenvalue weighted by Gasteiger charge is 2.38. The summed E-state index contributed by atoms with van der Waals surface area (Å²) in [5.74, 6) is -0.491. The van der Waals surface area contributed by atoms with E-state index in [0.717, 1.165) is 5.56 Å². The van der Waals surface area contributed by atoms with E-state index in [4.69, 9.17) is 4.74 Å². The molecular formula is C12H12O3. The molecule has 0 amide bonds. The van der Waals surface area contributed by atoms with E-state index in [2.05, 4.69) is 0 Å². The Balaban J connectivity index is 2.28. The van der Waals surface area contributed by atoms with Crippen LogP contribution in [-0.2, 0) is 14.3 Å². The van der Waals surface area contributed by atoms with Crippen molar-refractivity contribution < 1.29 is 14.3 Å². The molecule has 0 unspecified atom stereocenters. The van der Waals surface area contributed by atoms with Crippen molar-refractivity contribution in [2.24, 2.45) is 0 Å². The molecule has 1 saturated heterocycles. The van der Waals surface area contributed by atoms with Crippen LogP contribution in [0.5, 0.6) is 0 Å². The number of hydrogen-bond acceptors (Lipinski definition) is 3. The van der Waals surface area contributed by atoms with Crippen molar-refractivity contribution in [1.29, 1.82) is 0 Å². The molecule has 0 saturated carbocycles. The van der Waals surface area contributed by atoms with E-state index in [-0.39, 0.29) is 17.7 Å². The van der Waals surface area contributed by atoms with Gasteiger partial charge >= 0.3 is 5.97 Å². The fraction of sp³-hybridized carbons (Fsp3) is 0.333. The van der Waals surface area contributed by atoms with Gasteiger partial charge in [-0.1, -0.05) is 30.3 Å². The predicted octanol–water partition coefficient (Wildman–Crippen LogP) is 1.67. The summed E-state index contributed by atoms with van der Waals surface area (Å²) in [5.41, 5.74) is 0.989. The van der Waals surface area contributed by atoms with Crippen molar-refractivity contribution in [2.45, 2.75) is 25.4 Å². The standard InChI is InChI=1S/C12H12O3/c1-8(13)12-10(7-11(14)15-12)9-5-3-2-4-6-9/h2-6,10,12H,7H2,1H3/t10-,12+/m1/s1. The van der Waals surface area contributed by atoms with Crippen LogP contribution in [-0.4, -0.2) is 17.9 Å². The lowest BCUT2D eigenvalue weighted by atomic mass is 9.91. The molecule has 78 valence electrons. The summed E-state index contributed by atoms with van der Waals surface area (Å²) in [6.07, 6.45) is -0.297. The predicted molar refractivity (Wildman–Crippen MR) is 54.4 cm³/mol. The van der Waals surface area contributed by atoms with Crippen LogP contribution in [0.4, 0.5) is 0 Å². The van der Waals surface area contributed by atoms with Crippen molar-refractivity contribution in [3.05, 3.63) is 35.9 Å². The van der Waals surface area contributed by atoms with Gasteiger partial charge in [0.25, 0.3) is 0 Å². The second-order valence-electron chi connectivity index (χ2n) is 3.74. The molecule has 1 aromatic carbocycles. The molecule has 0 bridgehead atoms. The number of benzene rings is 1. The molecule has 15 heavy (non-hydrogen) atoms. The molecule has 3 heteroatoms. The molecule has 1 aliphatic rings.